The zero-order valence-corrected chi connectivity index (χ0v) is 25.2. The molecule has 0 unspecified atom stereocenters. The highest BCUT2D eigenvalue weighted by Gasteiger charge is 2.41. The molecule has 0 aliphatic carbocycles. The van der Waals surface area contributed by atoms with E-state index in [-0.39, 0.29) is 44.4 Å². The van der Waals surface area contributed by atoms with E-state index < -0.39 is 78.2 Å². The monoisotopic (exact) mass is 676 g/mol. The lowest BCUT2D eigenvalue weighted by Gasteiger charge is -2.38. The first-order valence-electron chi connectivity index (χ1n) is 13.8. The number of hydrogen-bond donors (Lipinski definition) is 6. The quantitative estimate of drug-likeness (QED) is 0.0517. The largest absolute Gasteiger partial charge is 0.480 e. The standard InChI is InChI=1S/C18H23N7O10.C6H13NO5/c1-12-19-8-14(24(30)31)22(12)4-3-6-34-17(28)11-21(10-16(26)27)18(29)35-7-5-23-13(2)20-9-15(23)25(32)33;7-3-5(10)4(9)2(1-8)12-6(3)11/h8-9H,3-7,10-11H2,1-2H3,(H,26,27);2-6,8-11H,1,7H2/t;2-,3-,4-,5-,6-/m.1/s1. The summed E-state index contributed by atoms with van der Waals surface area (Å²) < 4.78 is 17.2. The Morgan fingerprint density at radius 2 is 1.51 bits per heavy atom. The SMILES string of the molecule is Cc1ncc([N+](=O)[O-])n1CCCOC(=O)CN(CC(=O)O)C(=O)OCCn1c([N+](=O)[O-])cnc1C.N[C@@H]1[C@@H](O)[C@H](O)[C@@H](CO)O[C@H]1O. The van der Waals surface area contributed by atoms with Gasteiger partial charge in [0.2, 0.25) is 0 Å². The van der Waals surface area contributed by atoms with Crippen molar-refractivity contribution >= 4 is 29.7 Å². The van der Waals surface area contributed by atoms with E-state index >= 15 is 0 Å². The second kappa shape index (κ2) is 17.8. The lowest BCUT2D eigenvalue weighted by molar-refractivity contribution is -0.392. The molecule has 262 valence electrons. The number of nitro groups is 2. The number of carbonyl (C=O) groups excluding carboxylic acids is 2. The van der Waals surface area contributed by atoms with Crippen LogP contribution in [0.25, 0.3) is 0 Å². The Kier molecular flexibility index (Phi) is 14.5. The summed E-state index contributed by atoms with van der Waals surface area (Å²) >= 11 is 0. The Balaban J connectivity index is 0.000000535. The molecule has 1 aliphatic heterocycles. The van der Waals surface area contributed by atoms with E-state index in [1.165, 1.54) is 16.1 Å². The molecular formula is C24H36N8O15. The minimum atomic E-state index is -1.40. The van der Waals surface area contributed by atoms with Gasteiger partial charge in [-0.25, -0.2) is 23.9 Å². The van der Waals surface area contributed by atoms with Crippen molar-refractivity contribution in [1.29, 1.82) is 0 Å². The van der Waals surface area contributed by atoms with Gasteiger partial charge in [0.25, 0.3) is 0 Å². The number of imidazole rings is 2. The van der Waals surface area contributed by atoms with Gasteiger partial charge in [-0.1, -0.05) is 0 Å². The van der Waals surface area contributed by atoms with Crippen LogP contribution in [0.1, 0.15) is 18.1 Å². The van der Waals surface area contributed by atoms with Crippen molar-refractivity contribution in [3.8, 4) is 0 Å². The van der Waals surface area contributed by atoms with Crippen LogP contribution in [0.15, 0.2) is 12.4 Å². The first-order valence-corrected chi connectivity index (χ1v) is 13.8. The van der Waals surface area contributed by atoms with Gasteiger partial charge in [-0.2, -0.15) is 0 Å². The molecule has 5 atom stereocenters. The van der Waals surface area contributed by atoms with Crippen molar-refractivity contribution in [3.63, 3.8) is 0 Å². The van der Waals surface area contributed by atoms with E-state index in [4.69, 9.17) is 35.3 Å². The molecule has 3 heterocycles. The molecule has 0 spiro atoms. The van der Waals surface area contributed by atoms with Crippen molar-refractivity contribution < 1.29 is 64.0 Å². The van der Waals surface area contributed by atoms with E-state index in [9.17, 15) is 44.8 Å². The van der Waals surface area contributed by atoms with E-state index in [1.54, 1.807) is 6.92 Å². The van der Waals surface area contributed by atoms with Crippen LogP contribution < -0.4 is 5.73 Å². The molecule has 23 nitrogen and oxygen atoms in total. The number of carboxylic acid groups (broad SMARTS) is 1. The van der Waals surface area contributed by atoms with Crippen LogP contribution in [0.2, 0.25) is 0 Å². The predicted molar refractivity (Wildman–Crippen MR) is 151 cm³/mol. The second-order valence-corrected chi connectivity index (χ2v) is 9.89. The molecule has 23 heteroatoms. The van der Waals surface area contributed by atoms with E-state index in [1.807, 2.05) is 0 Å². The van der Waals surface area contributed by atoms with Crippen LogP contribution in [-0.2, 0) is 36.9 Å². The lowest BCUT2D eigenvalue weighted by atomic mass is 9.98. The number of aryl methyl sites for hydroxylation is 2. The molecule has 7 N–H and O–H groups in total. The fraction of sp³-hybridized carbons (Fsp3) is 0.625. The van der Waals surface area contributed by atoms with Crippen molar-refractivity contribution in [2.24, 2.45) is 5.73 Å². The lowest BCUT2D eigenvalue weighted by Crippen LogP contribution is -2.61. The van der Waals surface area contributed by atoms with Crippen LogP contribution in [0, 0.1) is 34.1 Å². The van der Waals surface area contributed by atoms with Gasteiger partial charge in [-0.05, 0) is 9.85 Å². The maximum absolute atomic E-state index is 12.3. The van der Waals surface area contributed by atoms with Crippen LogP contribution in [0.3, 0.4) is 0 Å². The molecule has 0 saturated carbocycles. The summed E-state index contributed by atoms with van der Waals surface area (Å²) in [5, 5.41) is 67.1. The maximum atomic E-state index is 12.3. The molecule has 47 heavy (non-hydrogen) atoms. The average Bonchev–Trinajstić information content (AvgIpc) is 3.57. The third-order valence-electron chi connectivity index (χ3n) is 6.62. The van der Waals surface area contributed by atoms with E-state index in [2.05, 4.69) is 9.97 Å². The number of aliphatic hydroxyl groups is 4. The smallest absolute Gasteiger partial charge is 0.410 e. The van der Waals surface area contributed by atoms with Gasteiger partial charge < -0.3 is 65.7 Å². The number of aliphatic hydroxyl groups excluding tert-OH is 4. The molecule has 2 aromatic rings. The number of amides is 1. The van der Waals surface area contributed by atoms with Gasteiger partial charge >= 0.3 is 29.7 Å². The average molecular weight is 677 g/mol. The number of carbonyl (C=O) groups is 3. The normalized spacial score (nSPS) is 20.4. The molecule has 3 rings (SSSR count). The molecule has 0 aromatic carbocycles. The molecular weight excluding hydrogens is 640 g/mol. The fourth-order valence-electron chi connectivity index (χ4n) is 4.15. The van der Waals surface area contributed by atoms with Gasteiger partial charge in [0, 0.05) is 20.3 Å². The Bertz CT molecular complexity index is 1390. The maximum Gasteiger partial charge on any atom is 0.410 e. The van der Waals surface area contributed by atoms with Gasteiger partial charge in [-0.3, -0.25) is 14.5 Å². The van der Waals surface area contributed by atoms with Gasteiger partial charge in [0.15, 0.2) is 17.9 Å². The minimum absolute atomic E-state index is 0.112. The summed E-state index contributed by atoms with van der Waals surface area (Å²) in [5.41, 5.74) is 5.26. The number of aromatic nitrogens is 4. The number of rotatable bonds is 14. The van der Waals surface area contributed by atoms with Gasteiger partial charge in [0.05, 0.1) is 25.8 Å². The fourth-order valence-corrected chi connectivity index (χ4v) is 4.15. The Hall–Kier alpha value is -4.81. The highest BCUT2D eigenvalue weighted by Crippen LogP contribution is 2.18. The summed E-state index contributed by atoms with van der Waals surface area (Å²) in [6.45, 7) is 0.613. The number of ether oxygens (including phenoxy) is 3. The molecule has 1 fully saturated rings. The zero-order chi connectivity index (χ0) is 35.4. The Morgan fingerprint density at radius 1 is 0.957 bits per heavy atom. The van der Waals surface area contributed by atoms with Crippen molar-refractivity contribution in [1.82, 2.24) is 24.0 Å². The van der Waals surface area contributed by atoms with Crippen molar-refractivity contribution in [2.45, 2.75) is 64.0 Å². The summed E-state index contributed by atoms with van der Waals surface area (Å²) in [4.78, 5) is 64.4. The number of hydrogen-bond acceptors (Lipinski definition) is 17. The topological polar surface area (TPSA) is 331 Å². The highest BCUT2D eigenvalue weighted by molar-refractivity contribution is 5.82. The summed E-state index contributed by atoms with van der Waals surface area (Å²) in [6.07, 6.45) is -3.61. The summed E-state index contributed by atoms with van der Waals surface area (Å²) in [5.74, 6) is -2.11. The zero-order valence-electron chi connectivity index (χ0n) is 25.2. The number of nitrogens with two attached hydrogens (primary N) is 1. The van der Waals surface area contributed by atoms with Gasteiger partial charge in [-0.15, -0.1) is 0 Å². The van der Waals surface area contributed by atoms with E-state index in [0.29, 0.717) is 16.5 Å². The minimum Gasteiger partial charge on any atom is -0.480 e. The molecule has 2 aromatic heterocycles. The number of aliphatic carboxylic acids is 1. The second-order valence-electron chi connectivity index (χ2n) is 9.89. The highest BCUT2D eigenvalue weighted by atomic mass is 16.6. The van der Waals surface area contributed by atoms with Crippen LogP contribution in [-0.4, -0.2) is 141 Å². The summed E-state index contributed by atoms with van der Waals surface area (Å²) in [7, 11) is 0. The Labute approximate surface area is 265 Å². The van der Waals surface area contributed by atoms with Crippen LogP contribution in [0.4, 0.5) is 16.4 Å². The third-order valence-corrected chi connectivity index (χ3v) is 6.62. The van der Waals surface area contributed by atoms with E-state index in [0.717, 1.165) is 12.4 Å². The van der Waals surface area contributed by atoms with Crippen LogP contribution >= 0.6 is 0 Å². The Morgan fingerprint density at radius 3 is 2.02 bits per heavy atom. The summed E-state index contributed by atoms with van der Waals surface area (Å²) in [6, 6.07) is -1.04. The first kappa shape index (κ1) is 38.4. The number of nitrogens with zero attached hydrogens (tertiary/aromatic N) is 7. The van der Waals surface area contributed by atoms with Gasteiger partial charge in [0.1, 0.15) is 56.9 Å². The van der Waals surface area contributed by atoms with Crippen molar-refractivity contribution in [2.75, 3.05) is 32.9 Å². The molecule has 0 bridgehead atoms. The van der Waals surface area contributed by atoms with Crippen LogP contribution in [0.5, 0.6) is 0 Å². The predicted octanol–water partition coefficient (Wildman–Crippen LogP) is -2.59. The number of carboxylic acids is 1. The first-order chi connectivity index (χ1) is 22.1. The molecule has 0 radical (unpaired) electrons. The number of esters is 1. The molecule has 1 saturated heterocycles. The molecule has 1 aliphatic rings. The van der Waals surface area contributed by atoms with Crippen molar-refractivity contribution in [3.05, 3.63) is 44.3 Å². The third kappa shape index (κ3) is 10.9. The molecule has 1 amide bonds.